The predicted octanol–water partition coefficient (Wildman–Crippen LogP) is 5.90. The summed E-state index contributed by atoms with van der Waals surface area (Å²) in [4.78, 5) is 2.65. The van der Waals surface area contributed by atoms with E-state index in [9.17, 15) is 0 Å². The maximum Gasteiger partial charge on any atom is 0.0599 e. The first kappa shape index (κ1) is 21.0. The molecule has 23 heavy (non-hydrogen) atoms. The lowest BCUT2D eigenvalue weighted by molar-refractivity contribution is 0.00466. The summed E-state index contributed by atoms with van der Waals surface area (Å²) in [5.74, 6) is 1.74. The van der Waals surface area contributed by atoms with Gasteiger partial charge >= 0.3 is 0 Å². The minimum absolute atomic E-state index is 0.535. The van der Waals surface area contributed by atoms with Gasteiger partial charge in [-0.3, -0.25) is 0 Å². The molecule has 138 valence electrons. The fourth-order valence-corrected chi connectivity index (χ4v) is 3.57. The molecule has 0 saturated carbocycles. The zero-order valence-corrected chi connectivity index (χ0v) is 16.5. The van der Waals surface area contributed by atoms with E-state index in [0.717, 1.165) is 18.4 Å². The van der Waals surface area contributed by atoms with Gasteiger partial charge in [-0.05, 0) is 50.5 Å². The van der Waals surface area contributed by atoms with Crippen LogP contribution in [0.5, 0.6) is 0 Å². The Morgan fingerprint density at radius 2 is 1.61 bits per heavy atom. The van der Waals surface area contributed by atoms with Gasteiger partial charge in [0.2, 0.25) is 0 Å². The highest BCUT2D eigenvalue weighted by atomic mass is 16.5. The summed E-state index contributed by atoms with van der Waals surface area (Å²) < 4.78 is 6.12. The van der Waals surface area contributed by atoms with Crippen LogP contribution in [0.15, 0.2) is 0 Å². The first-order valence-electron chi connectivity index (χ1n) is 10.5. The molecule has 0 bridgehead atoms. The predicted molar refractivity (Wildman–Crippen MR) is 102 cm³/mol. The average molecular weight is 326 g/mol. The zero-order valence-electron chi connectivity index (χ0n) is 16.5. The second-order valence-electron chi connectivity index (χ2n) is 8.19. The smallest absolute Gasteiger partial charge is 0.0599 e. The Hall–Kier alpha value is -0.0800. The van der Waals surface area contributed by atoms with Crippen molar-refractivity contribution in [3.8, 4) is 0 Å². The van der Waals surface area contributed by atoms with Crippen molar-refractivity contribution in [2.24, 2.45) is 11.8 Å². The van der Waals surface area contributed by atoms with Crippen LogP contribution in [0.3, 0.4) is 0 Å². The number of likely N-dealkylation sites (tertiary alicyclic amines) is 1. The summed E-state index contributed by atoms with van der Waals surface area (Å²) in [5, 5.41) is 0. The lowest BCUT2D eigenvalue weighted by Crippen LogP contribution is -2.37. The average Bonchev–Trinajstić information content (AvgIpc) is 2.54. The molecule has 1 aliphatic heterocycles. The number of hydrogen-bond acceptors (Lipinski definition) is 2. The van der Waals surface area contributed by atoms with E-state index in [-0.39, 0.29) is 0 Å². The SMILES string of the molecule is CCCCC(C)CCCOC1CCN(CCCCC(C)C)CC1. The second kappa shape index (κ2) is 13.2. The van der Waals surface area contributed by atoms with E-state index in [0.29, 0.717) is 6.10 Å². The van der Waals surface area contributed by atoms with Gasteiger partial charge < -0.3 is 9.64 Å². The quantitative estimate of drug-likeness (QED) is 0.391. The monoisotopic (exact) mass is 325 g/mol. The van der Waals surface area contributed by atoms with Crippen LogP contribution in [0, 0.1) is 11.8 Å². The summed E-state index contributed by atoms with van der Waals surface area (Å²) in [5.41, 5.74) is 0. The lowest BCUT2D eigenvalue weighted by atomic mass is 9.99. The van der Waals surface area contributed by atoms with Gasteiger partial charge in [0.1, 0.15) is 0 Å². The number of rotatable bonds is 13. The number of nitrogens with zero attached hydrogens (tertiary/aromatic N) is 1. The molecule has 1 saturated heterocycles. The maximum atomic E-state index is 6.12. The van der Waals surface area contributed by atoms with Gasteiger partial charge in [0, 0.05) is 19.7 Å². The van der Waals surface area contributed by atoms with Crippen LogP contribution >= 0.6 is 0 Å². The summed E-state index contributed by atoms with van der Waals surface area (Å²) in [6.07, 6.45) is 13.9. The molecule has 1 fully saturated rings. The highest BCUT2D eigenvalue weighted by Gasteiger charge is 2.19. The third kappa shape index (κ3) is 11.2. The Morgan fingerprint density at radius 3 is 2.26 bits per heavy atom. The molecule has 0 aliphatic carbocycles. The molecule has 1 unspecified atom stereocenters. The standard InChI is InChI=1S/C21H43NO/c1-5-6-11-20(4)12-9-18-23-21-13-16-22(17-14-21)15-8-7-10-19(2)3/h19-21H,5-18H2,1-4H3. The van der Waals surface area contributed by atoms with Crippen molar-refractivity contribution >= 4 is 0 Å². The van der Waals surface area contributed by atoms with Crippen LogP contribution in [0.1, 0.15) is 91.9 Å². The van der Waals surface area contributed by atoms with Crippen LogP contribution in [-0.4, -0.2) is 37.2 Å². The van der Waals surface area contributed by atoms with Crippen molar-refractivity contribution in [2.45, 2.75) is 98.0 Å². The third-order valence-electron chi connectivity index (χ3n) is 5.29. The largest absolute Gasteiger partial charge is 0.378 e. The molecule has 0 aromatic carbocycles. The first-order valence-corrected chi connectivity index (χ1v) is 10.5. The van der Waals surface area contributed by atoms with E-state index < -0.39 is 0 Å². The first-order chi connectivity index (χ1) is 11.1. The Morgan fingerprint density at radius 1 is 0.913 bits per heavy atom. The van der Waals surface area contributed by atoms with Crippen LogP contribution in [0.25, 0.3) is 0 Å². The van der Waals surface area contributed by atoms with Crippen LogP contribution in [0.4, 0.5) is 0 Å². The zero-order chi connectivity index (χ0) is 16.9. The van der Waals surface area contributed by atoms with Crippen molar-refractivity contribution < 1.29 is 4.74 Å². The molecule has 0 amide bonds. The molecule has 1 rings (SSSR count). The molecule has 0 aromatic rings. The molecule has 1 aliphatic rings. The lowest BCUT2D eigenvalue weighted by Gasteiger charge is -2.32. The molecule has 2 nitrogen and oxygen atoms in total. The van der Waals surface area contributed by atoms with Crippen molar-refractivity contribution in [1.82, 2.24) is 4.90 Å². The van der Waals surface area contributed by atoms with Crippen molar-refractivity contribution in [3.05, 3.63) is 0 Å². The van der Waals surface area contributed by atoms with Crippen molar-refractivity contribution in [1.29, 1.82) is 0 Å². The Bertz CT molecular complexity index is 259. The summed E-state index contributed by atoms with van der Waals surface area (Å²) in [6, 6.07) is 0. The Labute approximate surface area is 146 Å². The fraction of sp³-hybridized carbons (Fsp3) is 1.00. The molecule has 1 atom stereocenters. The molecule has 0 spiro atoms. The minimum Gasteiger partial charge on any atom is -0.378 e. The molecule has 0 N–H and O–H groups in total. The number of piperidine rings is 1. The van der Waals surface area contributed by atoms with Gasteiger partial charge in [0.25, 0.3) is 0 Å². The topological polar surface area (TPSA) is 12.5 Å². The molecular weight excluding hydrogens is 282 g/mol. The highest BCUT2D eigenvalue weighted by molar-refractivity contribution is 4.72. The summed E-state index contributed by atoms with van der Waals surface area (Å²) in [7, 11) is 0. The number of ether oxygens (including phenoxy) is 1. The summed E-state index contributed by atoms with van der Waals surface area (Å²) in [6.45, 7) is 14.1. The highest BCUT2D eigenvalue weighted by Crippen LogP contribution is 2.17. The van der Waals surface area contributed by atoms with Gasteiger partial charge in [-0.15, -0.1) is 0 Å². The Kier molecular flexibility index (Phi) is 12.1. The van der Waals surface area contributed by atoms with Crippen LogP contribution < -0.4 is 0 Å². The van der Waals surface area contributed by atoms with E-state index in [1.807, 2.05) is 0 Å². The molecule has 0 aromatic heterocycles. The second-order valence-corrected chi connectivity index (χ2v) is 8.19. The third-order valence-corrected chi connectivity index (χ3v) is 5.29. The molecule has 1 heterocycles. The van der Waals surface area contributed by atoms with Gasteiger partial charge in [0.15, 0.2) is 0 Å². The molecule has 0 radical (unpaired) electrons. The van der Waals surface area contributed by atoms with Crippen LogP contribution in [0.2, 0.25) is 0 Å². The molecule has 2 heteroatoms. The van der Waals surface area contributed by atoms with E-state index in [4.69, 9.17) is 4.74 Å². The van der Waals surface area contributed by atoms with Crippen LogP contribution in [-0.2, 0) is 4.74 Å². The Balaban J connectivity index is 1.95. The number of unbranched alkanes of at least 4 members (excludes halogenated alkanes) is 2. The maximum absolute atomic E-state index is 6.12. The minimum atomic E-state index is 0.535. The van der Waals surface area contributed by atoms with E-state index in [1.54, 1.807) is 0 Å². The van der Waals surface area contributed by atoms with Gasteiger partial charge in [-0.1, -0.05) is 59.8 Å². The van der Waals surface area contributed by atoms with Gasteiger partial charge in [-0.25, -0.2) is 0 Å². The van der Waals surface area contributed by atoms with E-state index in [2.05, 4.69) is 32.6 Å². The van der Waals surface area contributed by atoms with E-state index >= 15 is 0 Å². The van der Waals surface area contributed by atoms with E-state index in [1.165, 1.54) is 83.8 Å². The normalized spacial score (nSPS) is 18.7. The molecular formula is C21H43NO. The fourth-order valence-electron chi connectivity index (χ4n) is 3.57. The van der Waals surface area contributed by atoms with Crippen molar-refractivity contribution in [2.75, 3.05) is 26.2 Å². The summed E-state index contributed by atoms with van der Waals surface area (Å²) >= 11 is 0. The van der Waals surface area contributed by atoms with Crippen molar-refractivity contribution in [3.63, 3.8) is 0 Å². The van der Waals surface area contributed by atoms with Gasteiger partial charge in [0.05, 0.1) is 6.10 Å². The number of hydrogen-bond donors (Lipinski definition) is 0. The van der Waals surface area contributed by atoms with Gasteiger partial charge in [-0.2, -0.15) is 0 Å².